The number of hydrogen-bond acceptors (Lipinski definition) is 3. The van der Waals surface area contributed by atoms with Crippen LogP contribution in [0.4, 0.5) is 5.69 Å². The first-order valence-electron chi connectivity index (χ1n) is 7.20. The third-order valence-corrected chi connectivity index (χ3v) is 2.89. The highest BCUT2D eigenvalue weighted by Gasteiger charge is 2.05. The molecule has 0 spiro atoms. The molecule has 0 aliphatic heterocycles. The van der Waals surface area contributed by atoms with Gasteiger partial charge in [0.15, 0.2) is 0 Å². The molecule has 0 bridgehead atoms. The van der Waals surface area contributed by atoms with Gasteiger partial charge in [0.25, 0.3) is 0 Å². The molecular formula is C16H23NO3. The third-order valence-electron chi connectivity index (χ3n) is 2.89. The van der Waals surface area contributed by atoms with Crippen LogP contribution in [0, 0.1) is 0 Å². The van der Waals surface area contributed by atoms with E-state index in [4.69, 9.17) is 4.74 Å². The van der Waals surface area contributed by atoms with Crippen molar-refractivity contribution < 1.29 is 14.3 Å². The molecule has 1 amide bonds. The molecule has 0 radical (unpaired) electrons. The molecule has 1 N–H and O–H groups in total. The van der Waals surface area contributed by atoms with Crippen LogP contribution in [0.25, 0.3) is 0 Å². The quantitative estimate of drug-likeness (QED) is 0.445. The Hall–Kier alpha value is -1.84. The summed E-state index contributed by atoms with van der Waals surface area (Å²) >= 11 is 0. The number of anilines is 1. The minimum Gasteiger partial charge on any atom is -0.427 e. The van der Waals surface area contributed by atoms with Gasteiger partial charge in [-0.15, -0.1) is 0 Å². The molecule has 0 unspecified atom stereocenters. The first-order chi connectivity index (χ1) is 9.61. The molecule has 0 aliphatic carbocycles. The van der Waals surface area contributed by atoms with Crippen molar-refractivity contribution >= 4 is 17.6 Å². The Morgan fingerprint density at radius 1 is 1.05 bits per heavy atom. The fraction of sp³-hybridized carbons (Fsp3) is 0.500. The Kier molecular flexibility index (Phi) is 7.40. The van der Waals surface area contributed by atoms with E-state index in [1.165, 1.54) is 26.2 Å². The van der Waals surface area contributed by atoms with Crippen LogP contribution in [-0.2, 0) is 9.59 Å². The van der Waals surface area contributed by atoms with E-state index in [9.17, 15) is 9.59 Å². The lowest BCUT2D eigenvalue weighted by Crippen LogP contribution is -2.08. The van der Waals surface area contributed by atoms with Gasteiger partial charge in [0, 0.05) is 19.0 Å². The number of rotatable bonds is 8. The van der Waals surface area contributed by atoms with Crippen LogP contribution in [0.1, 0.15) is 52.4 Å². The van der Waals surface area contributed by atoms with Crippen molar-refractivity contribution in [2.75, 3.05) is 5.32 Å². The number of carbonyl (C=O) groups excluding carboxylic acids is 2. The zero-order valence-corrected chi connectivity index (χ0v) is 12.3. The van der Waals surface area contributed by atoms with Gasteiger partial charge in [0.2, 0.25) is 5.91 Å². The third kappa shape index (κ3) is 6.92. The summed E-state index contributed by atoms with van der Waals surface area (Å²) < 4.78 is 5.23. The van der Waals surface area contributed by atoms with Crippen LogP contribution in [0.2, 0.25) is 0 Å². The van der Waals surface area contributed by atoms with Gasteiger partial charge in [0.1, 0.15) is 5.75 Å². The van der Waals surface area contributed by atoms with E-state index in [2.05, 4.69) is 12.2 Å². The first kappa shape index (κ1) is 16.2. The topological polar surface area (TPSA) is 55.4 Å². The molecule has 4 nitrogen and oxygen atoms in total. The number of nitrogens with one attached hydrogen (secondary N) is 1. The summed E-state index contributed by atoms with van der Waals surface area (Å²) in [6.07, 6.45) is 6.00. The lowest BCUT2D eigenvalue weighted by Gasteiger charge is -2.06. The van der Waals surface area contributed by atoms with Crippen molar-refractivity contribution in [2.45, 2.75) is 52.4 Å². The highest BCUT2D eigenvalue weighted by atomic mass is 16.5. The summed E-state index contributed by atoms with van der Waals surface area (Å²) in [6, 6.07) is 6.79. The second-order valence-corrected chi connectivity index (χ2v) is 4.84. The van der Waals surface area contributed by atoms with Crippen molar-refractivity contribution in [1.29, 1.82) is 0 Å². The minimum absolute atomic E-state index is 0.123. The van der Waals surface area contributed by atoms with Crippen LogP contribution < -0.4 is 10.1 Å². The van der Waals surface area contributed by atoms with Crippen molar-refractivity contribution in [3.8, 4) is 5.75 Å². The van der Waals surface area contributed by atoms with E-state index in [-0.39, 0.29) is 11.9 Å². The van der Waals surface area contributed by atoms with Gasteiger partial charge >= 0.3 is 5.97 Å². The first-order valence-corrected chi connectivity index (χ1v) is 7.20. The van der Waals surface area contributed by atoms with Crippen LogP contribution in [-0.4, -0.2) is 11.9 Å². The maximum absolute atomic E-state index is 11.6. The minimum atomic E-state index is -0.200. The van der Waals surface area contributed by atoms with E-state index >= 15 is 0 Å². The second kappa shape index (κ2) is 9.13. The second-order valence-electron chi connectivity index (χ2n) is 4.84. The van der Waals surface area contributed by atoms with Crippen LogP contribution in [0.5, 0.6) is 5.75 Å². The summed E-state index contributed by atoms with van der Waals surface area (Å²) in [5.74, 6) is 0.188. The van der Waals surface area contributed by atoms with E-state index in [0.717, 1.165) is 12.8 Å². The molecule has 0 atom stereocenters. The molecule has 110 valence electrons. The SMILES string of the molecule is CCCCCCCC(=O)Oc1ccc(NC(C)=O)cc1. The molecule has 1 aromatic rings. The van der Waals surface area contributed by atoms with Crippen LogP contribution >= 0.6 is 0 Å². The highest BCUT2D eigenvalue weighted by molar-refractivity contribution is 5.88. The van der Waals surface area contributed by atoms with Gasteiger partial charge < -0.3 is 10.1 Å². The highest BCUT2D eigenvalue weighted by Crippen LogP contribution is 2.16. The number of benzene rings is 1. The Bertz CT molecular complexity index is 426. The lowest BCUT2D eigenvalue weighted by molar-refractivity contribution is -0.134. The molecule has 0 aliphatic rings. The maximum Gasteiger partial charge on any atom is 0.311 e. The van der Waals surface area contributed by atoms with Gasteiger partial charge in [0.05, 0.1) is 0 Å². The molecule has 0 heterocycles. The number of carbonyl (C=O) groups is 2. The molecule has 20 heavy (non-hydrogen) atoms. The van der Waals surface area contributed by atoms with Gasteiger partial charge in [-0.3, -0.25) is 9.59 Å². The van der Waals surface area contributed by atoms with Crippen molar-refractivity contribution in [3.05, 3.63) is 24.3 Å². The smallest absolute Gasteiger partial charge is 0.311 e. The summed E-state index contributed by atoms with van der Waals surface area (Å²) in [4.78, 5) is 22.5. The zero-order chi connectivity index (χ0) is 14.8. The average Bonchev–Trinajstić information content (AvgIpc) is 2.40. The Balaban J connectivity index is 2.29. The van der Waals surface area contributed by atoms with Crippen molar-refractivity contribution in [2.24, 2.45) is 0 Å². The fourth-order valence-corrected chi connectivity index (χ4v) is 1.86. The number of unbranched alkanes of at least 4 members (excludes halogenated alkanes) is 4. The summed E-state index contributed by atoms with van der Waals surface area (Å²) in [5.41, 5.74) is 0.692. The molecule has 0 fully saturated rings. The Morgan fingerprint density at radius 3 is 2.30 bits per heavy atom. The molecule has 1 aromatic carbocycles. The van der Waals surface area contributed by atoms with E-state index in [0.29, 0.717) is 17.9 Å². The molecule has 0 saturated heterocycles. The molecule has 1 rings (SSSR count). The van der Waals surface area contributed by atoms with E-state index in [1.807, 2.05) is 0 Å². The van der Waals surface area contributed by atoms with Crippen LogP contribution in [0.3, 0.4) is 0 Å². The van der Waals surface area contributed by atoms with Crippen molar-refractivity contribution in [3.63, 3.8) is 0 Å². The van der Waals surface area contributed by atoms with E-state index < -0.39 is 0 Å². The normalized spacial score (nSPS) is 10.1. The molecule has 0 saturated carbocycles. The monoisotopic (exact) mass is 277 g/mol. The van der Waals surface area contributed by atoms with Gasteiger partial charge in [-0.05, 0) is 30.7 Å². The lowest BCUT2D eigenvalue weighted by atomic mass is 10.1. The largest absolute Gasteiger partial charge is 0.427 e. The number of amides is 1. The van der Waals surface area contributed by atoms with Gasteiger partial charge in [-0.1, -0.05) is 32.6 Å². The molecule has 0 aromatic heterocycles. The maximum atomic E-state index is 11.6. The van der Waals surface area contributed by atoms with Gasteiger partial charge in [-0.25, -0.2) is 0 Å². The predicted molar refractivity (Wildman–Crippen MR) is 79.8 cm³/mol. The Labute approximate surface area is 120 Å². The van der Waals surface area contributed by atoms with Crippen molar-refractivity contribution in [1.82, 2.24) is 0 Å². The Morgan fingerprint density at radius 2 is 1.70 bits per heavy atom. The standard InChI is InChI=1S/C16H23NO3/c1-3-4-5-6-7-8-16(19)20-15-11-9-14(10-12-15)17-13(2)18/h9-12H,3-8H2,1-2H3,(H,17,18). The number of esters is 1. The summed E-state index contributed by atoms with van der Waals surface area (Å²) in [5, 5.41) is 2.66. The van der Waals surface area contributed by atoms with Gasteiger partial charge in [-0.2, -0.15) is 0 Å². The summed E-state index contributed by atoms with van der Waals surface area (Å²) in [6.45, 7) is 3.62. The molecule has 4 heteroatoms. The predicted octanol–water partition coefficient (Wildman–Crippen LogP) is 3.91. The summed E-state index contributed by atoms with van der Waals surface area (Å²) in [7, 11) is 0. The van der Waals surface area contributed by atoms with E-state index in [1.54, 1.807) is 24.3 Å². The van der Waals surface area contributed by atoms with Crippen LogP contribution in [0.15, 0.2) is 24.3 Å². The number of hydrogen-bond donors (Lipinski definition) is 1. The molecular weight excluding hydrogens is 254 g/mol. The average molecular weight is 277 g/mol. The number of ether oxygens (including phenoxy) is 1. The zero-order valence-electron chi connectivity index (χ0n) is 12.3. The fourth-order valence-electron chi connectivity index (χ4n) is 1.86.